The van der Waals surface area contributed by atoms with E-state index in [-0.39, 0.29) is 11.6 Å². The van der Waals surface area contributed by atoms with Gasteiger partial charge in [0.1, 0.15) is 5.60 Å². The van der Waals surface area contributed by atoms with Gasteiger partial charge in [0.05, 0.1) is 0 Å². The van der Waals surface area contributed by atoms with Gasteiger partial charge in [0.2, 0.25) is 0 Å². The number of hydrogen-bond donors (Lipinski definition) is 0. The molecule has 0 heterocycles. The predicted molar refractivity (Wildman–Crippen MR) is 82.5 cm³/mol. The molecule has 4 bridgehead atoms. The van der Waals surface area contributed by atoms with E-state index >= 15 is 0 Å². The average Bonchev–Trinajstić information content (AvgIpc) is 2.47. The first-order valence-electron chi connectivity index (χ1n) is 8.70. The van der Waals surface area contributed by atoms with Crippen LogP contribution in [0, 0.1) is 29.6 Å². The van der Waals surface area contributed by atoms with Gasteiger partial charge in [-0.05, 0) is 49.9 Å². The maximum atomic E-state index is 12.1. The number of carbonyl (C=O) groups is 1. The fourth-order valence-electron chi connectivity index (χ4n) is 5.95. The van der Waals surface area contributed by atoms with Crippen molar-refractivity contribution in [3.05, 3.63) is 24.3 Å². The highest BCUT2D eigenvalue weighted by Gasteiger charge is 2.65. The second-order valence-electron chi connectivity index (χ2n) is 7.81. The molecule has 2 nitrogen and oxygen atoms in total. The Morgan fingerprint density at radius 3 is 2.81 bits per heavy atom. The lowest BCUT2D eigenvalue weighted by Gasteiger charge is -2.65. The fourth-order valence-corrected chi connectivity index (χ4v) is 5.95. The lowest BCUT2D eigenvalue weighted by atomic mass is 9.43. The van der Waals surface area contributed by atoms with Gasteiger partial charge in [-0.25, -0.2) is 4.79 Å². The van der Waals surface area contributed by atoms with E-state index in [1.807, 2.05) is 0 Å². The van der Waals surface area contributed by atoms with Crippen molar-refractivity contribution < 1.29 is 9.53 Å². The molecule has 0 saturated heterocycles. The maximum Gasteiger partial charge on any atom is 0.330 e. The van der Waals surface area contributed by atoms with Crippen molar-refractivity contribution in [2.24, 2.45) is 29.6 Å². The summed E-state index contributed by atoms with van der Waals surface area (Å²) >= 11 is 0. The summed E-state index contributed by atoms with van der Waals surface area (Å²) < 4.78 is 6.20. The van der Waals surface area contributed by atoms with Crippen LogP contribution in [-0.4, -0.2) is 11.6 Å². The maximum absolute atomic E-state index is 12.1. The van der Waals surface area contributed by atoms with Gasteiger partial charge in [-0.15, -0.1) is 0 Å². The minimum atomic E-state index is -0.204. The molecule has 5 aliphatic rings. The summed E-state index contributed by atoms with van der Waals surface area (Å²) in [5.74, 6) is 3.01. The van der Waals surface area contributed by atoms with E-state index in [1.54, 1.807) is 5.57 Å². The van der Waals surface area contributed by atoms with Crippen molar-refractivity contribution in [2.45, 2.75) is 57.5 Å². The molecule has 0 amide bonds. The molecule has 2 heteroatoms. The highest BCUT2D eigenvalue weighted by atomic mass is 16.6. The topological polar surface area (TPSA) is 26.3 Å². The molecule has 3 fully saturated rings. The van der Waals surface area contributed by atoms with E-state index in [2.05, 4.69) is 19.6 Å². The van der Waals surface area contributed by atoms with Crippen LogP contribution >= 0.6 is 0 Å². The van der Waals surface area contributed by atoms with Crippen molar-refractivity contribution in [1.29, 1.82) is 0 Å². The number of hydrogen-bond acceptors (Lipinski definition) is 2. The third-order valence-corrected chi connectivity index (χ3v) is 6.80. The molecule has 0 aliphatic heterocycles. The average molecular weight is 286 g/mol. The summed E-state index contributed by atoms with van der Waals surface area (Å²) in [5, 5.41) is 0. The first kappa shape index (κ1) is 13.6. The van der Waals surface area contributed by atoms with Crippen LogP contribution in [0.25, 0.3) is 0 Å². The molecule has 0 radical (unpaired) electrons. The van der Waals surface area contributed by atoms with Crippen LogP contribution in [0.15, 0.2) is 24.3 Å². The van der Waals surface area contributed by atoms with Gasteiger partial charge in [0, 0.05) is 17.9 Å². The van der Waals surface area contributed by atoms with Crippen LogP contribution in [0.2, 0.25) is 0 Å². The van der Waals surface area contributed by atoms with Gasteiger partial charge < -0.3 is 4.74 Å². The first-order valence-corrected chi connectivity index (χ1v) is 8.70. The smallest absolute Gasteiger partial charge is 0.330 e. The summed E-state index contributed by atoms with van der Waals surface area (Å²) in [6, 6.07) is 0. The molecule has 0 spiro atoms. The molecule has 6 atom stereocenters. The van der Waals surface area contributed by atoms with E-state index in [9.17, 15) is 4.79 Å². The number of rotatable bonds is 3. The molecular formula is C19H26O2. The van der Waals surface area contributed by atoms with Gasteiger partial charge in [-0.2, -0.15) is 0 Å². The molecule has 0 N–H and O–H groups in total. The van der Waals surface area contributed by atoms with Crippen LogP contribution in [0.5, 0.6) is 0 Å². The first-order chi connectivity index (χ1) is 10.1. The van der Waals surface area contributed by atoms with Crippen molar-refractivity contribution in [1.82, 2.24) is 0 Å². The zero-order chi connectivity index (χ0) is 14.6. The predicted octanol–water partition coefficient (Wildman–Crippen LogP) is 4.27. The Kier molecular flexibility index (Phi) is 3.06. The molecule has 21 heavy (non-hydrogen) atoms. The molecule has 3 saturated carbocycles. The summed E-state index contributed by atoms with van der Waals surface area (Å²) in [6.07, 6.45) is 12.5. The van der Waals surface area contributed by atoms with Crippen molar-refractivity contribution >= 4 is 5.97 Å². The Bertz CT molecular complexity index is 506. The Labute approximate surface area is 127 Å². The molecule has 0 aromatic heterocycles. The van der Waals surface area contributed by atoms with Gasteiger partial charge >= 0.3 is 5.97 Å². The Morgan fingerprint density at radius 1 is 1.33 bits per heavy atom. The van der Waals surface area contributed by atoms with Gasteiger partial charge in [-0.1, -0.05) is 38.0 Å². The van der Waals surface area contributed by atoms with Gasteiger partial charge in [-0.3, -0.25) is 0 Å². The van der Waals surface area contributed by atoms with Crippen molar-refractivity contribution in [3.63, 3.8) is 0 Å². The second-order valence-corrected chi connectivity index (χ2v) is 7.81. The highest BCUT2D eigenvalue weighted by molar-refractivity contribution is 5.81. The van der Waals surface area contributed by atoms with Crippen molar-refractivity contribution in [2.75, 3.05) is 0 Å². The quantitative estimate of drug-likeness (QED) is 0.440. The monoisotopic (exact) mass is 286 g/mol. The lowest BCUT2D eigenvalue weighted by molar-refractivity contribution is -0.212. The largest absolute Gasteiger partial charge is 0.455 e. The molecule has 6 unspecified atom stereocenters. The van der Waals surface area contributed by atoms with E-state index in [0.29, 0.717) is 17.8 Å². The Balaban J connectivity index is 1.71. The van der Waals surface area contributed by atoms with Crippen LogP contribution in [0.1, 0.15) is 51.9 Å². The van der Waals surface area contributed by atoms with Crippen LogP contribution in [-0.2, 0) is 9.53 Å². The second kappa shape index (κ2) is 4.72. The number of allylic oxidation sites excluding steroid dienone is 1. The van der Waals surface area contributed by atoms with Crippen LogP contribution < -0.4 is 0 Å². The van der Waals surface area contributed by atoms with E-state index in [4.69, 9.17) is 4.74 Å². The zero-order valence-corrected chi connectivity index (χ0v) is 13.0. The molecule has 5 rings (SSSR count). The minimum Gasteiger partial charge on any atom is -0.455 e. The number of ether oxygens (including phenoxy) is 1. The Hall–Kier alpha value is -1.05. The van der Waals surface area contributed by atoms with Crippen molar-refractivity contribution in [3.8, 4) is 0 Å². The molecule has 0 aromatic carbocycles. The number of carbonyl (C=O) groups excluding carboxylic acids is 1. The third-order valence-electron chi connectivity index (χ3n) is 6.80. The minimum absolute atomic E-state index is 0.196. The van der Waals surface area contributed by atoms with Gasteiger partial charge in [0.15, 0.2) is 0 Å². The highest BCUT2D eigenvalue weighted by Crippen LogP contribution is 2.66. The Morgan fingerprint density at radius 2 is 2.19 bits per heavy atom. The summed E-state index contributed by atoms with van der Waals surface area (Å²) in [5.41, 5.74) is 1.42. The van der Waals surface area contributed by atoms with E-state index in [1.165, 1.54) is 44.6 Å². The van der Waals surface area contributed by atoms with E-state index < -0.39 is 0 Å². The molecular weight excluding hydrogens is 260 g/mol. The zero-order valence-electron chi connectivity index (χ0n) is 13.0. The fraction of sp³-hybridized carbons (Fsp3) is 0.737. The summed E-state index contributed by atoms with van der Waals surface area (Å²) in [4.78, 5) is 12.1. The lowest BCUT2D eigenvalue weighted by Crippen LogP contribution is -2.65. The molecule has 0 aromatic rings. The van der Waals surface area contributed by atoms with Crippen LogP contribution in [0.4, 0.5) is 0 Å². The third kappa shape index (κ3) is 1.80. The van der Waals surface area contributed by atoms with Crippen LogP contribution in [0.3, 0.4) is 0 Å². The summed E-state index contributed by atoms with van der Waals surface area (Å²) in [7, 11) is 0. The summed E-state index contributed by atoms with van der Waals surface area (Å²) in [6.45, 7) is 5.99. The number of fused-ring (bicyclic) bond motifs is 1. The molecule has 114 valence electrons. The standard InChI is InChI=1S/C19H26O2/c1-3-18(20)21-19(14-6-4-5-12(2)9-14)15-7-8-16-13(10-15)11-17(16)19/h3,8,12-15,17H,1,4-7,9-11H2,2H3. The van der Waals surface area contributed by atoms with Gasteiger partial charge in [0.25, 0.3) is 0 Å². The molecule has 5 aliphatic carbocycles. The van der Waals surface area contributed by atoms with E-state index in [0.717, 1.165) is 18.3 Å². The number of esters is 1. The SMILES string of the molecule is C=CC(=O)OC1(C2CCCC(C)C2)C2CC=C3C(C2)CC31. The normalized spacial score (nSPS) is 47.3.